The summed E-state index contributed by atoms with van der Waals surface area (Å²) in [5.74, 6) is -0.316. The van der Waals surface area contributed by atoms with Crippen molar-refractivity contribution in [3.05, 3.63) is 29.1 Å². The molecule has 1 atom stereocenters. The van der Waals surface area contributed by atoms with E-state index in [4.69, 9.17) is 14.6 Å². The summed E-state index contributed by atoms with van der Waals surface area (Å²) >= 11 is 0. The minimum absolute atomic E-state index is 0.0229. The van der Waals surface area contributed by atoms with E-state index in [1.807, 2.05) is 0 Å². The SMILES string of the molecule is CCOC(=O)Cc1nc(C(C)NC(=O)c2cc3n(n2)CCN(C)C3=O)n[nH]1.O=CO. The third kappa shape index (κ3) is 5.40. The molecule has 162 valence electrons. The molecule has 0 aliphatic carbocycles. The number of hydrogen-bond acceptors (Lipinski definition) is 8. The van der Waals surface area contributed by atoms with Crippen molar-refractivity contribution in [2.75, 3.05) is 20.2 Å². The average Bonchev–Trinajstić information content (AvgIpc) is 3.33. The maximum atomic E-state index is 12.5. The Morgan fingerprint density at radius 2 is 2.13 bits per heavy atom. The number of carboxylic acid groups (broad SMARTS) is 1. The van der Waals surface area contributed by atoms with Gasteiger partial charge in [-0.25, -0.2) is 4.98 Å². The number of esters is 1. The molecule has 1 aliphatic heterocycles. The number of carbonyl (C=O) groups is 4. The third-order valence-electron chi connectivity index (χ3n) is 4.13. The quantitative estimate of drug-likeness (QED) is 0.406. The fourth-order valence-corrected chi connectivity index (χ4v) is 2.68. The molecule has 3 rings (SSSR count). The summed E-state index contributed by atoms with van der Waals surface area (Å²) in [5, 5.41) is 20.5. The molecule has 1 unspecified atom stereocenters. The number of fused-ring (bicyclic) bond motifs is 1. The molecule has 0 saturated heterocycles. The van der Waals surface area contributed by atoms with Gasteiger partial charge in [-0.15, -0.1) is 0 Å². The van der Waals surface area contributed by atoms with E-state index in [0.29, 0.717) is 37.0 Å². The lowest BCUT2D eigenvalue weighted by Crippen LogP contribution is -2.37. The summed E-state index contributed by atoms with van der Waals surface area (Å²) in [6.07, 6.45) is -0.0229. The van der Waals surface area contributed by atoms with Crippen LogP contribution in [0.1, 0.15) is 52.5 Å². The zero-order valence-corrected chi connectivity index (χ0v) is 16.8. The Morgan fingerprint density at radius 1 is 1.43 bits per heavy atom. The smallest absolute Gasteiger partial charge is 0.313 e. The van der Waals surface area contributed by atoms with E-state index in [1.165, 1.54) is 10.7 Å². The van der Waals surface area contributed by atoms with Crippen molar-refractivity contribution in [1.29, 1.82) is 0 Å². The van der Waals surface area contributed by atoms with Gasteiger partial charge in [0.05, 0.1) is 19.2 Å². The first kappa shape index (κ1) is 22.5. The van der Waals surface area contributed by atoms with Gasteiger partial charge in [-0.2, -0.15) is 10.2 Å². The van der Waals surface area contributed by atoms with Gasteiger partial charge in [0, 0.05) is 19.7 Å². The summed E-state index contributed by atoms with van der Waals surface area (Å²) in [6, 6.07) is 0.964. The number of likely N-dealkylation sites (N-methyl/N-ethyl adjacent to an activating group) is 1. The van der Waals surface area contributed by atoms with Crippen LogP contribution < -0.4 is 5.32 Å². The molecule has 30 heavy (non-hydrogen) atoms. The molecule has 3 heterocycles. The van der Waals surface area contributed by atoms with Crippen LogP contribution in [0.25, 0.3) is 0 Å². The molecule has 13 heteroatoms. The molecule has 2 amide bonds. The summed E-state index contributed by atoms with van der Waals surface area (Å²) < 4.78 is 6.39. The first-order valence-corrected chi connectivity index (χ1v) is 9.09. The standard InChI is InChI=1S/C16H21N7O4.CH2O2/c1-4-27-13(24)8-12-18-14(20-19-12)9(2)17-15(25)10-7-11-16(26)22(3)5-6-23(11)21-10;2-1-3/h7,9H,4-6,8H2,1-3H3,(H,17,25)(H,18,19,20);1H,(H,2,3). The van der Waals surface area contributed by atoms with Crippen LogP contribution in [0, 0.1) is 0 Å². The molecule has 0 spiro atoms. The fourth-order valence-electron chi connectivity index (χ4n) is 2.68. The number of aromatic amines is 1. The molecular formula is C17H23N7O6. The monoisotopic (exact) mass is 421 g/mol. The molecule has 13 nitrogen and oxygen atoms in total. The van der Waals surface area contributed by atoms with E-state index in [-0.39, 0.29) is 24.5 Å². The molecule has 0 bridgehead atoms. The van der Waals surface area contributed by atoms with E-state index in [2.05, 4.69) is 25.6 Å². The molecule has 1 aliphatic rings. The molecule has 0 aromatic carbocycles. The van der Waals surface area contributed by atoms with E-state index < -0.39 is 17.9 Å². The molecule has 2 aromatic rings. The van der Waals surface area contributed by atoms with Crippen molar-refractivity contribution in [2.45, 2.75) is 32.9 Å². The van der Waals surface area contributed by atoms with Gasteiger partial charge in [-0.05, 0) is 13.8 Å². The number of hydrogen-bond donors (Lipinski definition) is 3. The topological polar surface area (TPSA) is 172 Å². The molecule has 0 saturated carbocycles. The lowest BCUT2D eigenvalue weighted by atomic mass is 10.2. The first-order chi connectivity index (χ1) is 14.3. The molecule has 0 radical (unpaired) electrons. The highest BCUT2D eigenvalue weighted by molar-refractivity contribution is 5.98. The van der Waals surface area contributed by atoms with Crippen molar-refractivity contribution >= 4 is 24.3 Å². The average molecular weight is 421 g/mol. The number of nitrogens with zero attached hydrogens (tertiary/aromatic N) is 5. The summed E-state index contributed by atoms with van der Waals surface area (Å²) in [6.45, 7) is 4.56. The van der Waals surface area contributed by atoms with Gasteiger partial charge in [-0.3, -0.25) is 29.0 Å². The fraction of sp³-hybridized carbons (Fsp3) is 0.471. The van der Waals surface area contributed by atoms with Crippen LogP contribution >= 0.6 is 0 Å². The van der Waals surface area contributed by atoms with Crippen LogP contribution in [0.2, 0.25) is 0 Å². The maximum absolute atomic E-state index is 12.5. The minimum Gasteiger partial charge on any atom is -0.483 e. The number of rotatable bonds is 6. The van der Waals surface area contributed by atoms with Crippen molar-refractivity contribution in [2.24, 2.45) is 0 Å². The van der Waals surface area contributed by atoms with Crippen LogP contribution in [0.5, 0.6) is 0 Å². The molecule has 3 N–H and O–H groups in total. The van der Waals surface area contributed by atoms with Gasteiger partial charge in [-0.1, -0.05) is 0 Å². The predicted molar refractivity (Wildman–Crippen MR) is 100 cm³/mol. The number of aromatic nitrogens is 5. The summed E-state index contributed by atoms with van der Waals surface area (Å²) in [5.41, 5.74) is 0.541. The Hall–Kier alpha value is -3.77. The summed E-state index contributed by atoms with van der Waals surface area (Å²) in [4.78, 5) is 50.2. The second-order valence-electron chi connectivity index (χ2n) is 6.29. The number of nitrogens with one attached hydrogen (secondary N) is 2. The van der Waals surface area contributed by atoms with Crippen LogP contribution in [-0.2, 0) is 27.3 Å². The highest BCUT2D eigenvalue weighted by Gasteiger charge is 2.26. The number of amides is 2. The van der Waals surface area contributed by atoms with Gasteiger partial charge in [0.1, 0.15) is 17.9 Å². The van der Waals surface area contributed by atoms with Gasteiger partial charge < -0.3 is 20.1 Å². The summed E-state index contributed by atoms with van der Waals surface area (Å²) in [7, 11) is 1.71. The normalized spacial score (nSPS) is 13.6. The lowest BCUT2D eigenvalue weighted by Gasteiger charge is -2.22. The van der Waals surface area contributed by atoms with Crippen LogP contribution in [-0.4, -0.2) is 79.4 Å². The lowest BCUT2D eigenvalue weighted by molar-refractivity contribution is -0.142. The zero-order valence-electron chi connectivity index (χ0n) is 16.8. The molecule has 0 fully saturated rings. The Kier molecular flexibility index (Phi) is 7.61. The number of carbonyl (C=O) groups excluding carboxylic acids is 3. The van der Waals surface area contributed by atoms with Crippen molar-refractivity contribution in [3.8, 4) is 0 Å². The Balaban J connectivity index is 0.00000101. The largest absolute Gasteiger partial charge is 0.483 e. The molecular weight excluding hydrogens is 398 g/mol. The van der Waals surface area contributed by atoms with E-state index >= 15 is 0 Å². The van der Waals surface area contributed by atoms with Gasteiger partial charge in [0.2, 0.25) is 0 Å². The van der Waals surface area contributed by atoms with E-state index in [0.717, 1.165) is 0 Å². The Morgan fingerprint density at radius 3 is 2.80 bits per heavy atom. The van der Waals surface area contributed by atoms with Gasteiger partial charge >= 0.3 is 5.97 Å². The predicted octanol–water partition coefficient (Wildman–Crippen LogP) is -0.616. The van der Waals surface area contributed by atoms with Crippen LogP contribution in [0.4, 0.5) is 0 Å². The van der Waals surface area contributed by atoms with E-state index in [9.17, 15) is 14.4 Å². The van der Waals surface area contributed by atoms with E-state index in [1.54, 1.807) is 25.8 Å². The van der Waals surface area contributed by atoms with Gasteiger partial charge in [0.25, 0.3) is 18.3 Å². The zero-order chi connectivity index (χ0) is 22.3. The molecule has 2 aromatic heterocycles. The van der Waals surface area contributed by atoms with Crippen molar-refractivity contribution in [3.63, 3.8) is 0 Å². The van der Waals surface area contributed by atoms with Crippen LogP contribution in [0.15, 0.2) is 6.07 Å². The highest BCUT2D eigenvalue weighted by Crippen LogP contribution is 2.14. The van der Waals surface area contributed by atoms with Crippen LogP contribution in [0.3, 0.4) is 0 Å². The number of H-pyrrole nitrogens is 1. The second-order valence-corrected chi connectivity index (χ2v) is 6.29. The second kappa shape index (κ2) is 10.1. The highest BCUT2D eigenvalue weighted by atomic mass is 16.5. The van der Waals surface area contributed by atoms with Crippen molar-refractivity contribution < 1.29 is 29.0 Å². The van der Waals surface area contributed by atoms with Crippen molar-refractivity contribution in [1.82, 2.24) is 35.2 Å². The maximum Gasteiger partial charge on any atom is 0.313 e. The third-order valence-corrected chi connectivity index (χ3v) is 4.13. The first-order valence-electron chi connectivity index (χ1n) is 9.09. The Bertz CT molecular complexity index is 922. The minimum atomic E-state index is -0.512. The Labute approximate surface area is 171 Å². The van der Waals surface area contributed by atoms with Gasteiger partial charge in [0.15, 0.2) is 11.5 Å². The number of ether oxygens (including phenoxy) is 1.